The maximum absolute atomic E-state index is 13.4. The predicted molar refractivity (Wildman–Crippen MR) is 135 cm³/mol. The van der Waals surface area contributed by atoms with Crippen molar-refractivity contribution in [1.82, 2.24) is 24.1 Å². The zero-order valence-electron chi connectivity index (χ0n) is 20.4. The highest BCUT2D eigenvalue weighted by Crippen LogP contribution is 2.40. The maximum Gasteiger partial charge on any atom is 0.330 e. The molecule has 0 atom stereocenters. The van der Waals surface area contributed by atoms with Gasteiger partial charge in [-0.1, -0.05) is 13.8 Å². The van der Waals surface area contributed by atoms with E-state index in [1.54, 1.807) is 36.5 Å². The Bertz CT molecular complexity index is 1540. The fourth-order valence-corrected chi connectivity index (χ4v) is 4.11. The second-order valence-corrected chi connectivity index (χ2v) is 9.55. The molecule has 2 N–H and O–H groups in total. The van der Waals surface area contributed by atoms with Crippen LogP contribution >= 0.6 is 0 Å². The Morgan fingerprint density at radius 1 is 1.22 bits per heavy atom. The van der Waals surface area contributed by atoms with Gasteiger partial charge >= 0.3 is 5.69 Å². The van der Waals surface area contributed by atoms with Crippen molar-refractivity contribution in [3.05, 3.63) is 80.6 Å². The molecule has 186 valence electrons. The predicted octanol–water partition coefficient (Wildman–Crippen LogP) is 3.18. The van der Waals surface area contributed by atoms with Gasteiger partial charge in [-0.05, 0) is 49.1 Å². The third-order valence-corrected chi connectivity index (χ3v) is 6.16. The molecule has 4 aromatic rings. The SMILES string of the molecule is CC(C)Cn1c(=O)[nH]c(=O)c2c(C(=O)Nc3ccc(OCc4nccn4C)cc3)cc(C3CC3)nc21. The highest BCUT2D eigenvalue weighted by Gasteiger charge is 2.29. The van der Waals surface area contributed by atoms with Gasteiger partial charge in [0.25, 0.3) is 11.5 Å². The van der Waals surface area contributed by atoms with E-state index in [4.69, 9.17) is 4.74 Å². The summed E-state index contributed by atoms with van der Waals surface area (Å²) in [6.45, 7) is 4.66. The van der Waals surface area contributed by atoms with Crippen LogP contribution in [0.2, 0.25) is 0 Å². The molecule has 5 rings (SSSR count). The molecule has 0 aliphatic heterocycles. The number of imidazole rings is 1. The van der Waals surface area contributed by atoms with E-state index in [1.807, 2.05) is 31.7 Å². The molecule has 3 aromatic heterocycles. The number of nitrogens with one attached hydrogen (secondary N) is 2. The van der Waals surface area contributed by atoms with Crippen LogP contribution in [-0.2, 0) is 20.2 Å². The highest BCUT2D eigenvalue weighted by molar-refractivity contribution is 6.11. The summed E-state index contributed by atoms with van der Waals surface area (Å²) in [6.07, 6.45) is 5.50. The molecule has 0 spiro atoms. The van der Waals surface area contributed by atoms with Crippen LogP contribution in [0.5, 0.6) is 5.75 Å². The number of hydrogen-bond donors (Lipinski definition) is 2. The smallest absolute Gasteiger partial charge is 0.330 e. The molecule has 10 heteroatoms. The van der Waals surface area contributed by atoms with Crippen molar-refractivity contribution >= 4 is 22.6 Å². The Labute approximate surface area is 207 Å². The number of amides is 1. The lowest BCUT2D eigenvalue weighted by Crippen LogP contribution is -2.33. The Balaban J connectivity index is 1.44. The van der Waals surface area contributed by atoms with Crippen molar-refractivity contribution in [1.29, 1.82) is 0 Å². The summed E-state index contributed by atoms with van der Waals surface area (Å²) in [5.41, 5.74) is 0.602. The van der Waals surface area contributed by atoms with E-state index in [0.717, 1.165) is 24.4 Å². The number of fused-ring (bicyclic) bond motifs is 1. The topological polar surface area (TPSA) is 124 Å². The van der Waals surface area contributed by atoms with Crippen molar-refractivity contribution in [2.45, 2.75) is 45.8 Å². The van der Waals surface area contributed by atoms with E-state index in [2.05, 4.69) is 20.3 Å². The summed E-state index contributed by atoms with van der Waals surface area (Å²) in [4.78, 5) is 50.0. The van der Waals surface area contributed by atoms with Gasteiger partial charge in [-0.3, -0.25) is 19.1 Å². The zero-order chi connectivity index (χ0) is 25.4. The lowest BCUT2D eigenvalue weighted by atomic mass is 10.1. The van der Waals surface area contributed by atoms with Gasteiger partial charge in [-0.25, -0.2) is 14.8 Å². The standard InChI is InChI=1S/C26H28N6O4/c1-15(2)13-32-23-22(25(34)30-26(32)35)19(12-20(29-23)16-4-5-16)24(33)28-17-6-8-18(9-7-17)36-14-21-27-10-11-31(21)3/h6-12,15-16H,4-5,13-14H2,1-3H3,(H,28,33)(H,30,34,35). The minimum atomic E-state index is -0.618. The fourth-order valence-electron chi connectivity index (χ4n) is 4.11. The molecule has 10 nitrogen and oxygen atoms in total. The quantitative estimate of drug-likeness (QED) is 0.393. The van der Waals surface area contributed by atoms with Crippen LogP contribution in [-0.4, -0.2) is 30.0 Å². The second-order valence-electron chi connectivity index (χ2n) is 9.55. The van der Waals surface area contributed by atoms with Gasteiger partial charge in [0.1, 0.15) is 18.2 Å². The number of ether oxygens (including phenoxy) is 1. The van der Waals surface area contributed by atoms with Gasteiger partial charge in [0.05, 0.1) is 10.9 Å². The molecule has 1 aromatic carbocycles. The zero-order valence-corrected chi connectivity index (χ0v) is 20.4. The monoisotopic (exact) mass is 488 g/mol. The van der Waals surface area contributed by atoms with E-state index in [1.165, 1.54) is 4.57 Å². The van der Waals surface area contributed by atoms with E-state index >= 15 is 0 Å². The van der Waals surface area contributed by atoms with E-state index < -0.39 is 17.2 Å². The Morgan fingerprint density at radius 3 is 2.61 bits per heavy atom. The van der Waals surface area contributed by atoms with Crippen LogP contribution in [0.3, 0.4) is 0 Å². The summed E-state index contributed by atoms with van der Waals surface area (Å²) in [6, 6.07) is 8.66. The Hall–Kier alpha value is -4.21. The van der Waals surface area contributed by atoms with E-state index in [9.17, 15) is 14.4 Å². The first-order valence-corrected chi connectivity index (χ1v) is 12.0. The molecule has 1 aliphatic rings. The van der Waals surface area contributed by atoms with Crippen molar-refractivity contribution in [2.24, 2.45) is 13.0 Å². The molecule has 1 fully saturated rings. The van der Waals surface area contributed by atoms with Crippen molar-refractivity contribution < 1.29 is 9.53 Å². The first-order valence-electron chi connectivity index (χ1n) is 12.0. The van der Waals surface area contributed by atoms with Gasteiger partial charge in [-0.2, -0.15) is 0 Å². The molecule has 1 saturated carbocycles. The average molecular weight is 489 g/mol. The van der Waals surface area contributed by atoms with Crippen LogP contribution in [0.15, 0.2) is 52.3 Å². The molecule has 0 unspecified atom stereocenters. The molecular weight excluding hydrogens is 460 g/mol. The molecule has 36 heavy (non-hydrogen) atoms. The number of anilines is 1. The van der Waals surface area contributed by atoms with Gasteiger partial charge < -0.3 is 14.6 Å². The molecule has 0 bridgehead atoms. The van der Waals surface area contributed by atoms with Crippen molar-refractivity contribution in [3.63, 3.8) is 0 Å². The minimum Gasteiger partial charge on any atom is -0.486 e. The normalized spacial score (nSPS) is 13.3. The van der Waals surface area contributed by atoms with Gasteiger partial charge in [-0.15, -0.1) is 0 Å². The number of carbonyl (C=O) groups excluding carboxylic acids is 1. The fraction of sp³-hybridized carbons (Fsp3) is 0.346. The lowest BCUT2D eigenvalue weighted by molar-refractivity contribution is 0.102. The number of nitrogens with zero attached hydrogens (tertiary/aromatic N) is 4. The summed E-state index contributed by atoms with van der Waals surface area (Å²) < 4.78 is 9.11. The maximum atomic E-state index is 13.4. The van der Waals surface area contributed by atoms with Crippen LogP contribution in [0.4, 0.5) is 5.69 Å². The largest absolute Gasteiger partial charge is 0.486 e. The van der Waals surface area contributed by atoms with Crippen LogP contribution in [0.1, 0.15) is 54.5 Å². The third-order valence-electron chi connectivity index (χ3n) is 6.16. The van der Waals surface area contributed by atoms with Gasteiger partial charge in [0.2, 0.25) is 0 Å². The third kappa shape index (κ3) is 4.79. The number of rotatable bonds is 8. The summed E-state index contributed by atoms with van der Waals surface area (Å²) in [5, 5.41) is 2.98. The summed E-state index contributed by atoms with van der Waals surface area (Å²) >= 11 is 0. The number of benzene rings is 1. The molecule has 1 aliphatic carbocycles. The molecule has 0 saturated heterocycles. The number of hydrogen-bond acceptors (Lipinski definition) is 6. The molecule has 1 amide bonds. The first kappa shape index (κ1) is 23.5. The summed E-state index contributed by atoms with van der Waals surface area (Å²) in [7, 11) is 1.90. The van der Waals surface area contributed by atoms with Gasteiger partial charge in [0, 0.05) is 43.3 Å². The number of H-pyrrole nitrogens is 1. The number of aromatic nitrogens is 5. The van der Waals surface area contributed by atoms with Gasteiger partial charge in [0.15, 0.2) is 5.65 Å². The van der Waals surface area contributed by atoms with Crippen LogP contribution < -0.4 is 21.3 Å². The highest BCUT2D eigenvalue weighted by atomic mass is 16.5. The number of aryl methyl sites for hydroxylation is 1. The average Bonchev–Trinajstić information content (AvgIpc) is 3.62. The molecule has 3 heterocycles. The van der Waals surface area contributed by atoms with E-state index in [-0.39, 0.29) is 28.4 Å². The number of aromatic amines is 1. The van der Waals surface area contributed by atoms with Crippen molar-refractivity contribution in [2.75, 3.05) is 5.32 Å². The number of pyridine rings is 1. The summed E-state index contributed by atoms with van der Waals surface area (Å²) in [5.74, 6) is 1.38. The second kappa shape index (κ2) is 9.44. The first-order chi connectivity index (χ1) is 17.3. The minimum absolute atomic E-state index is 0.118. The lowest BCUT2D eigenvalue weighted by Gasteiger charge is -2.15. The molecular formula is C26H28N6O4. The van der Waals surface area contributed by atoms with Crippen LogP contribution in [0, 0.1) is 5.92 Å². The van der Waals surface area contributed by atoms with Crippen molar-refractivity contribution in [3.8, 4) is 5.75 Å². The Kier molecular flexibility index (Phi) is 6.17. The molecule has 0 radical (unpaired) electrons. The van der Waals surface area contributed by atoms with Crippen LogP contribution in [0.25, 0.3) is 11.0 Å². The van der Waals surface area contributed by atoms with E-state index in [0.29, 0.717) is 24.6 Å². The number of carbonyl (C=O) groups is 1. The Morgan fingerprint density at radius 2 is 1.97 bits per heavy atom.